The van der Waals surface area contributed by atoms with Crippen LogP contribution in [0.1, 0.15) is 51.0 Å². The fraction of sp³-hybridized carbons (Fsp3) is 0.750. The second-order valence-electron chi connectivity index (χ2n) is 5.32. The summed E-state index contributed by atoms with van der Waals surface area (Å²) in [5.74, 6) is -1.56. The molecule has 0 spiro atoms. The van der Waals surface area contributed by atoms with Gasteiger partial charge in [0.05, 0.1) is 24.9 Å². The summed E-state index contributed by atoms with van der Waals surface area (Å²) in [6.07, 6.45) is 2.45. The van der Waals surface area contributed by atoms with E-state index in [-0.39, 0.29) is 19.1 Å². The number of ether oxygens (including phenoxy) is 2. The van der Waals surface area contributed by atoms with Crippen LogP contribution in [0.2, 0.25) is 0 Å². The second-order valence-corrected chi connectivity index (χ2v) is 5.32. The van der Waals surface area contributed by atoms with E-state index in [0.29, 0.717) is 5.57 Å². The highest BCUT2D eigenvalue weighted by molar-refractivity contribution is 5.89. The van der Waals surface area contributed by atoms with Crippen LogP contribution in [0, 0.1) is 0 Å². The maximum absolute atomic E-state index is 12.0. The van der Waals surface area contributed by atoms with Gasteiger partial charge in [0.2, 0.25) is 5.91 Å². The summed E-state index contributed by atoms with van der Waals surface area (Å²) >= 11 is 0. The Balaban J connectivity index is 3.07. The number of hydrogen-bond donors (Lipinski definition) is 2. The highest BCUT2D eigenvalue weighted by atomic mass is 16.5. The summed E-state index contributed by atoms with van der Waals surface area (Å²) in [5, 5.41) is 2.46. The van der Waals surface area contributed by atoms with Gasteiger partial charge in [0, 0.05) is 22.6 Å². The van der Waals surface area contributed by atoms with Gasteiger partial charge in [0.1, 0.15) is 0 Å². The first-order valence-corrected chi connectivity index (χ1v) is 7.73. The van der Waals surface area contributed by atoms with E-state index >= 15 is 0 Å². The van der Waals surface area contributed by atoms with Crippen molar-refractivity contribution in [1.82, 2.24) is 5.32 Å². The molecule has 0 aromatic rings. The molecule has 0 aromatic heterocycles. The van der Waals surface area contributed by atoms with Crippen molar-refractivity contribution in [3.05, 3.63) is 11.6 Å². The van der Waals surface area contributed by atoms with Crippen molar-refractivity contribution in [3.63, 3.8) is 0 Å². The number of nitrogens with one attached hydrogen (secondary N) is 1. The molecule has 0 radical (unpaired) electrons. The summed E-state index contributed by atoms with van der Waals surface area (Å²) in [5.41, 5.74) is 6.50. The molecule has 0 saturated carbocycles. The van der Waals surface area contributed by atoms with Gasteiger partial charge in [-0.25, -0.2) is 4.79 Å². The Kier molecular flexibility index (Phi) is 5.75. The van der Waals surface area contributed by atoms with Gasteiger partial charge >= 0.3 is 5.97 Å². The quantitative estimate of drug-likeness (QED) is 0.545. The van der Waals surface area contributed by atoms with Crippen molar-refractivity contribution < 1.29 is 23.2 Å². The van der Waals surface area contributed by atoms with E-state index < -0.39 is 36.9 Å². The van der Waals surface area contributed by atoms with Crippen LogP contribution < -0.4 is 11.1 Å². The predicted molar refractivity (Wildman–Crippen MR) is 84.2 cm³/mol. The molecule has 0 aliphatic heterocycles. The molecular weight excluding hydrogens is 286 g/mol. The lowest BCUT2D eigenvalue weighted by Crippen LogP contribution is -2.57. The molecule has 1 rings (SSSR count). The normalized spacial score (nSPS) is 27.4. The van der Waals surface area contributed by atoms with Gasteiger partial charge in [0.25, 0.3) is 0 Å². The molecule has 1 aliphatic rings. The Bertz CT molecular complexity index is 504. The fourth-order valence-corrected chi connectivity index (χ4v) is 2.54. The molecule has 126 valence electrons. The monoisotopic (exact) mass is 317 g/mol. The van der Waals surface area contributed by atoms with Crippen LogP contribution >= 0.6 is 0 Å². The highest BCUT2D eigenvalue weighted by Gasteiger charge is 2.35. The standard InChI is InChI=1S/C16H28N2O4/c1-5-12(6-2)22-14-9-11(16(20)21-7-3)8-13(17)15(14)18-10(4)19/h9,12-15H,5-8,17H2,1-4H3,(H,18,19)/t13-,14+,15-/m1/s1/i4+1D3,10+1. The van der Waals surface area contributed by atoms with Crippen LogP contribution in [0.5, 0.6) is 0 Å². The minimum atomic E-state index is -2.77. The van der Waals surface area contributed by atoms with E-state index in [1.165, 1.54) is 0 Å². The van der Waals surface area contributed by atoms with Gasteiger partial charge in [-0.3, -0.25) is 4.79 Å². The summed E-state index contributed by atoms with van der Waals surface area (Å²) in [6.45, 7) is 3.09. The summed E-state index contributed by atoms with van der Waals surface area (Å²) in [6, 6.07) is -1.39. The topological polar surface area (TPSA) is 90.7 Å². The third-order valence-electron chi connectivity index (χ3n) is 3.73. The summed E-state index contributed by atoms with van der Waals surface area (Å²) in [4.78, 5) is 23.9. The van der Waals surface area contributed by atoms with Crippen LogP contribution in [0.15, 0.2) is 11.6 Å². The van der Waals surface area contributed by atoms with Gasteiger partial charge in [-0.05, 0) is 32.3 Å². The first kappa shape index (κ1) is 14.2. The van der Waals surface area contributed by atoms with Crippen LogP contribution in [0.25, 0.3) is 0 Å². The maximum atomic E-state index is 12.0. The Labute approximate surface area is 136 Å². The van der Waals surface area contributed by atoms with E-state index in [0.717, 1.165) is 12.8 Å². The SMILES string of the molecule is [2H][13C]([2H])([2H])[13C](=O)N[C@@H]1[C@H](N)CC(C(=O)OCC)=C[C@@H]1OC(CC)CC. The van der Waals surface area contributed by atoms with Crippen molar-refractivity contribution in [1.29, 1.82) is 0 Å². The molecule has 3 atom stereocenters. The Morgan fingerprint density at radius 3 is 2.68 bits per heavy atom. The van der Waals surface area contributed by atoms with E-state index in [1.54, 1.807) is 13.0 Å². The van der Waals surface area contributed by atoms with Crippen LogP contribution in [0.3, 0.4) is 0 Å². The number of rotatable bonds is 7. The lowest BCUT2D eigenvalue weighted by atomic mass is 9.88. The number of amides is 1. The second kappa shape index (κ2) is 8.90. The highest BCUT2D eigenvalue weighted by Crippen LogP contribution is 2.24. The zero-order valence-corrected chi connectivity index (χ0v) is 13.4. The average molecular weight is 317 g/mol. The first-order valence-electron chi connectivity index (χ1n) is 9.23. The third kappa shape index (κ3) is 5.10. The van der Waals surface area contributed by atoms with Crippen LogP contribution in [-0.4, -0.2) is 42.8 Å². The third-order valence-corrected chi connectivity index (χ3v) is 3.73. The van der Waals surface area contributed by atoms with Gasteiger partial charge in [-0.1, -0.05) is 13.8 Å². The first-order chi connectivity index (χ1) is 11.6. The molecule has 0 fully saturated rings. The Morgan fingerprint density at radius 2 is 2.14 bits per heavy atom. The zero-order chi connectivity index (χ0) is 19.2. The van der Waals surface area contributed by atoms with E-state index in [2.05, 4.69) is 5.32 Å². The van der Waals surface area contributed by atoms with Crippen LogP contribution in [-0.2, 0) is 19.1 Å². The van der Waals surface area contributed by atoms with Crippen LogP contribution in [0.4, 0.5) is 0 Å². The lowest BCUT2D eigenvalue weighted by molar-refractivity contribution is -0.139. The van der Waals surface area contributed by atoms with Crippen molar-refractivity contribution in [2.24, 2.45) is 5.73 Å². The van der Waals surface area contributed by atoms with Crippen molar-refractivity contribution in [2.45, 2.75) is 71.2 Å². The van der Waals surface area contributed by atoms with Crippen molar-refractivity contribution >= 4 is 11.9 Å². The summed E-state index contributed by atoms with van der Waals surface area (Å²) in [7, 11) is 0. The summed E-state index contributed by atoms with van der Waals surface area (Å²) < 4.78 is 32.6. The van der Waals surface area contributed by atoms with Gasteiger partial charge in [-0.15, -0.1) is 0 Å². The number of nitrogens with two attached hydrogens (primary N) is 1. The number of carbonyl (C=O) groups is 2. The molecule has 1 amide bonds. The lowest BCUT2D eigenvalue weighted by Gasteiger charge is -2.36. The largest absolute Gasteiger partial charge is 0.463 e. The van der Waals surface area contributed by atoms with Gasteiger partial charge in [-0.2, -0.15) is 0 Å². The maximum Gasteiger partial charge on any atom is 0.333 e. The van der Waals surface area contributed by atoms with Crippen molar-refractivity contribution in [3.8, 4) is 0 Å². The molecule has 6 nitrogen and oxygen atoms in total. The molecule has 0 aromatic carbocycles. The number of esters is 1. The van der Waals surface area contributed by atoms with Gasteiger partial charge in [0.15, 0.2) is 0 Å². The molecule has 3 N–H and O–H groups in total. The zero-order valence-electron chi connectivity index (χ0n) is 16.4. The molecule has 0 unspecified atom stereocenters. The van der Waals surface area contributed by atoms with E-state index in [9.17, 15) is 9.59 Å². The van der Waals surface area contributed by atoms with E-state index in [1.807, 2.05) is 13.8 Å². The number of hydrogen-bond acceptors (Lipinski definition) is 5. The Morgan fingerprint density at radius 1 is 1.45 bits per heavy atom. The Hall–Kier alpha value is -1.40. The predicted octanol–water partition coefficient (Wildman–Crippen LogP) is 1.29. The smallest absolute Gasteiger partial charge is 0.333 e. The molecule has 1 aliphatic carbocycles. The molecule has 0 saturated heterocycles. The molecule has 22 heavy (non-hydrogen) atoms. The molecule has 0 bridgehead atoms. The fourth-order valence-electron chi connectivity index (χ4n) is 2.54. The molecular formula is C16H28N2O4. The average Bonchev–Trinajstić information content (AvgIpc) is 2.54. The van der Waals surface area contributed by atoms with Crippen molar-refractivity contribution in [2.75, 3.05) is 6.61 Å². The molecule has 0 heterocycles. The molecule has 6 heteroatoms. The van der Waals surface area contributed by atoms with E-state index in [4.69, 9.17) is 19.3 Å². The minimum Gasteiger partial charge on any atom is -0.463 e. The number of carbonyl (C=O) groups excluding carboxylic acids is 2. The minimum absolute atomic E-state index is 0.0952. The van der Waals surface area contributed by atoms with Gasteiger partial charge < -0.3 is 20.5 Å².